The first kappa shape index (κ1) is 14.5. The van der Waals surface area contributed by atoms with Crippen LogP contribution in [0, 0.1) is 5.82 Å². The number of halogens is 2. The van der Waals surface area contributed by atoms with Gasteiger partial charge in [0.1, 0.15) is 11.9 Å². The molecule has 1 aromatic rings. The summed E-state index contributed by atoms with van der Waals surface area (Å²) in [6.45, 7) is 1.59. The summed E-state index contributed by atoms with van der Waals surface area (Å²) in [6, 6.07) is 4.01. The van der Waals surface area contributed by atoms with Crippen LogP contribution in [-0.2, 0) is 9.53 Å². The zero-order valence-corrected chi connectivity index (χ0v) is 12.5. The fourth-order valence-electron chi connectivity index (χ4n) is 2.49. The van der Waals surface area contributed by atoms with Crippen molar-refractivity contribution in [2.24, 2.45) is 0 Å². The quantitative estimate of drug-likeness (QED) is 0.797. The highest BCUT2D eigenvalue weighted by Crippen LogP contribution is 2.29. The molecule has 19 heavy (non-hydrogen) atoms. The Balaban J connectivity index is 2.36. The van der Waals surface area contributed by atoms with E-state index < -0.39 is 12.0 Å². The lowest BCUT2D eigenvalue weighted by molar-refractivity contribution is -0.147. The Hall–Kier alpha value is -0.940. The number of piperidine rings is 1. The van der Waals surface area contributed by atoms with Crippen LogP contribution in [-0.4, -0.2) is 31.1 Å². The average molecular weight is 330 g/mol. The zero-order chi connectivity index (χ0) is 13.8. The van der Waals surface area contributed by atoms with E-state index in [4.69, 9.17) is 4.74 Å². The maximum Gasteiger partial charge on any atom is 0.327 e. The van der Waals surface area contributed by atoms with Gasteiger partial charge >= 0.3 is 5.97 Å². The van der Waals surface area contributed by atoms with Crippen LogP contribution in [0.3, 0.4) is 0 Å². The molecule has 2 rings (SSSR count). The number of carbonyl (C=O) groups excluding carboxylic acids is 1. The molecular weight excluding hydrogens is 313 g/mol. The molecule has 3 nitrogen and oxygen atoms in total. The minimum absolute atomic E-state index is 0.371. The summed E-state index contributed by atoms with van der Waals surface area (Å²) in [5, 5.41) is 0. The van der Waals surface area contributed by atoms with E-state index in [9.17, 15) is 9.18 Å². The van der Waals surface area contributed by atoms with E-state index >= 15 is 0 Å². The van der Waals surface area contributed by atoms with Gasteiger partial charge in [-0.2, -0.15) is 0 Å². The van der Waals surface area contributed by atoms with Gasteiger partial charge in [0.25, 0.3) is 0 Å². The van der Waals surface area contributed by atoms with Crippen molar-refractivity contribution in [3.8, 4) is 0 Å². The normalized spacial score (nSPS) is 18.1. The lowest BCUT2D eigenvalue weighted by Gasteiger charge is -2.33. The third-order valence-electron chi connectivity index (χ3n) is 3.43. The number of likely N-dealkylation sites (tertiary alicyclic amines) is 1. The molecular formula is C14H17BrFNO2. The Morgan fingerprint density at radius 2 is 2.05 bits per heavy atom. The number of esters is 1. The van der Waals surface area contributed by atoms with Gasteiger partial charge in [-0.3, -0.25) is 4.90 Å². The van der Waals surface area contributed by atoms with Gasteiger partial charge in [0, 0.05) is 10.0 Å². The molecule has 104 valence electrons. The van der Waals surface area contributed by atoms with Gasteiger partial charge < -0.3 is 4.74 Å². The number of ether oxygens (including phenoxy) is 1. The molecule has 0 bridgehead atoms. The lowest BCUT2D eigenvalue weighted by Crippen LogP contribution is -2.38. The van der Waals surface area contributed by atoms with Crippen LogP contribution in [0.25, 0.3) is 0 Å². The van der Waals surface area contributed by atoms with E-state index in [2.05, 4.69) is 15.9 Å². The first-order valence-corrected chi connectivity index (χ1v) is 7.19. The fourth-order valence-corrected chi connectivity index (χ4v) is 2.86. The summed E-state index contributed by atoms with van der Waals surface area (Å²) in [5.74, 6) is -0.775. The minimum Gasteiger partial charge on any atom is -0.468 e. The Morgan fingerprint density at radius 1 is 1.37 bits per heavy atom. The Labute approximate surface area is 120 Å². The minimum atomic E-state index is -0.650. The molecule has 0 radical (unpaired) electrons. The van der Waals surface area contributed by atoms with E-state index in [0.29, 0.717) is 5.56 Å². The van der Waals surface area contributed by atoms with Crippen molar-refractivity contribution < 1.29 is 13.9 Å². The summed E-state index contributed by atoms with van der Waals surface area (Å²) < 4.78 is 19.6. The van der Waals surface area contributed by atoms with Crippen molar-refractivity contribution in [3.05, 3.63) is 34.1 Å². The second-order valence-electron chi connectivity index (χ2n) is 4.69. The van der Waals surface area contributed by atoms with Crippen molar-refractivity contribution in [3.63, 3.8) is 0 Å². The second-order valence-corrected chi connectivity index (χ2v) is 5.60. The largest absolute Gasteiger partial charge is 0.468 e. The van der Waals surface area contributed by atoms with Crippen LogP contribution in [0.5, 0.6) is 0 Å². The Kier molecular flexibility index (Phi) is 4.93. The molecule has 0 amide bonds. The number of hydrogen-bond donors (Lipinski definition) is 0. The third kappa shape index (κ3) is 3.34. The molecule has 5 heteroatoms. The van der Waals surface area contributed by atoms with E-state index in [-0.39, 0.29) is 5.82 Å². The number of benzene rings is 1. The van der Waals surface area contributed by atoms with Gasteiger partial charge in [-0.1, -0.05) is 22.4 Å². The van der Waals surface area contributed by atoms with Gasteiger partial charge in [0.2, 0.25) is 0 Å². The monoisotopic (exact) mass is 329 g/mol. The molecule has 1 heterocycles. The van der Waals surface area contributed by atoms with Crippen LogP contribution >= 0.6 is 15.9 Å². The second kappa shape index (κ2) is 6.48. The molecule has 0 N–H and O–H groups in total. The predicted molar refractivity (Wildman–Crippen MR) is 74.3 cm³/mol. The van der Waals surface area contributed by atoms with E-state index in [1.807, 2.05) is 4.90 Å². The van der Waals surface area contributed by atoms with Crippen LogP contribution in [0.15, 0.2) is 22.7 Å². The molecule has 1 aliphatic heterocycles. The smallest absolute Gasteiger partial charge is 0.327 e. The van der Waals surface area contributed by atoms with Gasteiger partial charge in [0.05, 0.1) is 7.11 Å². The maximum atomic E-state index is 14.0. The SMILES string of the molecule is COC(=O)C(c1cc(Br)ccc1F)N1CCCCC1. The predicted octanol–water partition coefficient (Wildman–Crippen LogP) is 3.29. The van der Waals surface area contributed by atoms with Gasteiger partial charge in [0.15, 0.2) is 0 Å². The lowest BCUT2D eigenvalue weighted by atomic mass is 10.0. The highest BCUT2D eigenvalue weighted by atomic mass is 79.9. The van der Waals surface area contributed by atoms with E-state index in [1.165, 1.54) is 13.2 Å². The summed E-state index contributed by atoms with van der Waals surface area (Å²) in [6.07, 6.45) is 3.22. The maximum absolute atomic E-state index is 14.0. The number of rotatable bonds is 3. The highest BCUT2D eigenvalue weighted by Gasteiger charge is 2.31. The fraction of sp³-hybridized carbons (Fsp3) is 0.500. The van der Waals surface area contributed by atoms with Crippen LogP contribution in [0.1, 0.15) is 30.9 Å². The molecule has 1 unspecified atom stereocenters. The molecule has 1 fully saturated rings. The van der Waals surface area contributed by atoms with Gasteiger partial charge in [-0.05, 0) is 44.1 Å². The van der Waals surface area contributed by atoms with Crippen molar-refractivity contribution in [1.82, 2.24) is 4.90 Å². The van der Waals surface area contributed by atoms with Crippen LogP contribution in [0.4, 0.5) is 4.39 Å². The average Bonchev–Trinajstić information content (AvgIpc) is 2.44. The van der Waals surface area contributed by atoms with Crippen molar-refractivity contribution in [1.29, 1.82) is 0 Å². The van der Waals surface area contributed by atoms with Crippen molar-refractivity contribution in [2.75, 3.05) is 20.2 Å². The molecule has 1 aliphatic rings. The molecule has 1 atom stereocenters. The number of methoxy groups -OCH3 is 1. The summed E-state index contributed by atoms with van der Waals surface area (Å²) in [4.78, 5) is 14.0. The summed E-state index contributed by atoms with van der Waals surface area (Å²) >= 11 is 3.32. The number of carbonyl (C=O) groups is 1. The van der Waals surface area contributed by atoms with Gasteiger partial charge in [-0.15, -0.1) is 0 Å². The standard InChI is InChI=1S/C14H17BrFNO2/c1-19-14(18)13(17-7-3-2-4-8-17)11-9-10(15)5-6-12(11)16/h5-6,9,13H,2-4,7-8H2,1H3. The Bertz CT molecular complexity index is 461. The van der Waals surface area contributed by atoms with E-state index in [0.717, 1.165) is 36.8 Å². The topological polar surface area (TPSA) is 29.5 Å². The molecule has 0 aromatic heterocycles. The number of nitrogens with zero attached hydrogens (tertiary/aromatic N) is 1. The van der Waals surface area contributed by atoms with Gasteiger partial charge in [-0.25, -0.2) is 9.18 Å². The number of hydrogen-bond acceptors (Lipinski definition) is 3. The first-order chi connectivity index (χ1) is 9.13. The van der Waals surface area contributed by atoms with E-state index in [1.54, 1.807) is 12.1 Å². The summed E-state index contributed by atoms with van der Waals surface area (Å²) in [7, 11) is 1.34. The molecule has 0 spiro atoms. The molecule has 0 saturated carbocycles. The summed E-state index contributed by atoms with van der Waals surface area (Å²) in [5.41, 5.74) is 0.378. The molecule has 1 saturated heterocycles. The Morgan fingerprint density at radius 3 is 2.68 bits per heavy atom. The van der Waals surface area contributed by atoms with Crippen LogP contribution in [0.2, 0.25) is 0 Å². The first-order valence-electron chi connectivity index (χ1n) is 6.40. The van der Waals surface area contributed by atoms with Crippen molar-refractivity contribution >= 4 is 21.9 Å². The zero-order valence-electron chi connectivity index (χ0n) is 10.9. The van der Waals surface area contributed by atoms with Crippen molar-refractivity contribution in [2.45, 2.75) is 25.3 Å². The molecule has 0 aliphatic carbocycles. The van der Waals surface area contributed by atoms with Crippen LogP contribution < -0.4 is 0 Å². The third-order valence-corrected chi connectivity index (χ3v) is 3.93. The molecule has 1 aromatic carbocycles. The highest BCUT2D eigenvalue weighted by molar-refractivity contribution is 9.10.